The summed E-state index contributed by atoms with van der Waals surface area (Å²) in [6.07, 6.45) is 7.67. The quantitative estimate of drug-likeness (QED) is 0.495. The molecule has 4 heteroatoms. The minimum absolute atomic E-state index is 0.103. The molecule has 24 heavy (non-hydrogen) atoms. The topological polar surface area (TPSA) is 86.7 Å². The number of aliphatic hydroxyl groups is 1. The summed E-state index contributed by atoms with van der Waals surface area (Å²) in [4.78, 5) is 0. The molecule has 0 bridgehead atoms. The van der Waals surface area contributed by atoms with E-state index < -0.39 is 11.0 Å². The fraction of sp³-hybridized carbons (Fsp3) is 0.600. The minimum Gasteiger partial charge on any atom is -0.504 e. The molecule has 0 spiro atoms. The molecule has 0 aromatic heterocycles. The van der Waals surface area contributed by atoms with Gasteiger partial charge < -0.3 is 21.1 Å². The number of rotatable bonds is 2. The number of phenols is 2. The van der Waals surface area contributed by atoms with Crippen LogP contribution in [-0.4, -0.2) is 27.5 Å². The molecular weight excluding hydrogens is 302 g/mol. The first-order valence-electron chi connectivity index (χ1n) is 9.03. The van der Waals surface area contributed by atoms with Crippen LogP contribution in [0.5, 0.6) is 11.5 Å². The van der Waals surface area contributed by atoms with Crippen LogP contribution in [0.1, 0.15) is 56.1 Å². The highest BCUT2D eigenvalue weighted by Crippen LogP contribution is 2.71. The maximum Gasteiger partial charge on any atom is 0.161 e. The zero-order valence-electron chi connectivity index (χ0n) is 14.5. The van der Waals surface area contributed by atoms with Crippen molar-refractivity contribution in [2.45, 2.75) is 62.9 Å². The molecule has 0 saturated heterocycles. The van der Waals surface area contributed by atoms with Crippen molar-refractivity contribution in [3.63, 3.8) is 0 Å². The summed E-state index contributed by atoms with van der Waals surface area (Å²) in [5.74, 6) is 0.663. The molecule has 0 radical (unpaired) electrons. The number of nitrogens with two attached hydrogens (primary N) is 1. The molecule has 2 unspecified atom stereocenters. The molecule has 3 aliphatic rings. The van der Waals surface area contributed by atoms with E-state index in [9.17, 15) is 15.3 Å². The van der Waals surface area contributed by atoms with E-state index in [1.807, 2.05) is 6.92 Å². The number of fused-ring (bicyclic) bond motifs is 1. The lowest BCUT2D eigenvalue weighted by molar-refractivity contribution is 0.0933. The highest BCUT2D eigenvalue weighted by Gasteiger charge is 2.73. The van der Waals surface area contributed by atoms with E-state index >= 15 is 0 Å². The van der Waals surface area contributed by atoms with Crippen molar-refractivity contribution >= 4 is 0 Å². The Morgan fingerprint density at radius 3 is 2.33 bits per heavy atom. The van der Waals surface area contributed by atoms with Crippen LogP contribution in [0.4, 0.5) is 0 Å². The van der Waals surface area contributed by atoms with Gasteiger partial charge in [0.2, 0.25) is 0 Å². The fourth-order valence-corrected chi connectivity index (χ4v) is 4.50. The summed E-state index contributed by atoms with van der Waals surface area (Å²) in [7, 11) is 0. The average molecular weight is 331 g/mol. The predicted octanol–water partition coefficient (Wildman–Crippen LogP) is 3.26. The minimum atomic E-state index is -0.888. The molecule has 0 amide bonds. The molecule has 4 rings (SSSR count). The van der Waals surface area contributed by atoms with Crippen LogP contribution >= 0.6 is 0 Å². The Balaban J connectivity index is 0.000000238. The first kappa shape index (κ1) is 17.3. The maximum absolute atomic E-state index is 10.7. The van der Waals surface area contributed by atoms with Gasteiger partial charge >= 0.3 is 0 Å². The van der Waals surface area contributed by atoms with E-state index in [-0.39, 0.29) is 11.5 Å². The van der Waals surface area contributed by atoms with Crippen molar-refractivity contribution in [1.82, 2.24) is 0 Å². The Kier molecular flexibility index (Phi) is 4.39. The average Bonchev–Trinajstić information content (AvgIpc) is 3.01. The summed E-state index contributed by atoms with van der Waals surface area (Å²) >= 11 is 0. The number of aromatic hydroxyl groups is 2. The molecule has 0 aliphatic heterocycles. The van der Waals surface area contributed by atoms with Crippen LogP contribution < -0.4 is 5.73 Å². The summed E-state index contributed by atoms with van der Waals surface area (Å²) in [6.45, 7) is 6.81. The van der Waals surface area contributed by atoms with Gasteiger partial charge in [0.1, 0.15) is 0 Å². The van der Waals surface area contributed by atoms with E-state index in [1.54, 1.807) is 6.07 Å². The second-order valence-corrected chi connectivity index (χ2v) is 7.61. The molecule has 2 atom stereocenters. The number of hydrogen-bond donors (Lipinski definition) is 4. The SMILES string of the molecule is C=C1C2(O)CCCCC12c1c(C)ccc(O)c1O.NCC1CCC1. The van der Waals surface area contributed by atoms with Crippen LogP contribution in [0.2, 0.25) is 0 Å². The van der Waals surface area contributed by atoms with Gasteiger partial charge in [0.25, 0.3) is 0 Å². The molecule has 5 N–H and O–H groups in total. The van der Waals surface area contributed by atoms with Crippen LogP contribution in [0.3, 0.4) is 0 Å². The molecule has 3 fully saturated rings. The van der Waals surface area contributed by atoms with Gasteiger partial charge in [0, 0.05) is 5.56 Å². The summed E-state index contributed by atoms with van der Waals surface area (Å²) < 4.78 is 0. The first-order chi connectivity index (χ1) is 11.4. The van der Waals surface area contributed by atoms with E-state index in [2.05, 4.69) is 6.58 Å². The van der Waals surface area contributed by atoms with E-state index in [0.717, 1.165) is 42.9 Å². The molecule has 1 aromatic rings. The van der Waals surface area contributed by atoms with Gasteiger partial charge in [-0.3, -0.25) is 0 Å². The second-order valence-electron chi connectivity index (χ2n) is 7.61. The number of hydrogen-bond acceptors (Lipinski definition) is 4. The lowest BCUT2D eigenvalue weighted by Crippen LogP contribution is -2.28. The van der Waals surface area contributed by atoms with Crippen molar-refractivity contribution < 1.29 is 15.3 Å². The van der Waals surface area contributed by atoms with Gasteiger partial charge in [-0.15, -0.1) is 0 Å². The molecule has 3 aliphatic carbocycles. The van der Waals surface area contributed by atoms with Crippen LogP contribution in [-0.2, 0) is 5.41 Å². The van der Waals surface area contributed by atoms with Crippen LogP contribution in [0, 0.1) is 12.8 Å². The van der Waals surface area contributed by atoms with Gasteiger partial charge in [-0.25, -0.2) is 0 Å². The lowest BCUT2D eigenvalue weighted by atomic mass is 9.78. The van der Waals surface area contributed by atoms with E-state index in [0.29, 0.717) is 12.0 Å². The highest BCUT2D eigenvalue weighted by atomic mass is 16.3. The van der Waals surface area contributed by atoms with E-state index in [1.165, 1.54) is 25.3 Å². The predicted molar refractivity (Wildman–Crippen MR) is 95.1 cm³/mol. The standard InChI is InChI=1S/C15H18O3.C5H11N/c1-9-5-6-11(16)13(17)12(9)14-7-3-4-8-15(14,18)10(14)2;6-4-5-2-1-3-5/h5-6,16-18H,2-4,7-8H2,1H3;5H,1-4,6H2. The monoisotopic (exact) mass is 331 g/mol. The van der Waals surface area contributed by atoms with Gasteiger partial charge in [0.15, 0.2) is 11.5 Å². The van der Waals surface area contributed by atoms with Gasteiger partial charge in [-0.1, -0.05) is 31.9 Å². The third-order valence-electron chi connectivity index (χ3n) is 6.35. The van der Waals surface area contributed by atoms with Crippen LogP contribution in [0.25, 0.3) is 0 Å². The Hall–Kier alpha value is -1.52. The normalized spacial score (nSPS) is 31.5. The van der Waals surface area contributed by atoms with Crippen molar-refractivity contribution in [1.29, 1.82) is 0 Å². The van der Waals surface area contributed by atoms with Crippen LogP contribution in [0.15, 0.2) is 24.3 Å². The highest BCUT2D eigenvalue weighted by molar-refractivity contribution is 5.68. The number of benzene rings is 1. The first-order valence-corrected chi connectivity index (χ1v) is 9.03. The second kappa shape index (κ2) is 6.08. The summed E-state index contributed by atoms with van der Waals surface area (Å²) in [5.41, 5.74) is 6.25. The lowest BCUT2D eigenvalue weighted by Gasteiger charge is -2.28. The third-order valence-corrected chi connectivity index (χ3v) is 6.35. The number of phenolic OH excluding ortho intramolecular Hbond substituents is 2. The molecule has 1 aromatic carbocycles. The van der Waals surface area contributed by atoms with Gasteiger partial charge in [-0.2, -0.15) is 0 Å². The molecule has 4 nitrogen and oxygen atoms in total. The Morgan fingerprint density at radius 2 is 1.83 bits per heavy atom. The zero-order chi connectivity index (χ0) is 17.5. The molecule has 3 saturated carbocycles. The van der Waals surface area contributed by atoms with Crippen molar-refractivity contribution in [3.8, 4) is 11.5 Å². The third kappa shape index (κ3) is 2.35. The summed E-state index contributed by atoms with van der Waals surface area (Å²) in [6, 6.07) is 3.26. The largest absolute Gasteiger partial charge is 0.504 e. The van der Waals surface area contributed by atoms with E-state index in [4.69, 9.17) is 5.73 Å². The van der Waals surface area contributed by atoms with Gasteiger partial charge in [0.05, 0.1) is 11.0 Å². The van der Waals surface area contributed by atoms with Crippen molar-refractivity contribution in [2.75, 3.05) is 6.54 Å². The van der Waals surface area contributed by atoms with Crippen molar-refractivity contribution in [3.05, 3.63) is 35.4 Å². The van der Waals surface area contributed by atoms with Crippen molar-refractivity contribution in [2.24, 2.45) is 11.7 Å². The smallest absolute Gasteiger partial charge is 0.161 e. The molecule has 132 valence electrons. The molecular formula is C20H29NO3. The van der Waals surface area contributed by atoms with Gasteiger partial charge in [-0.05, 0) is 62.3 Å². The fourth-order valence-electron chi connectivity index (χ4n) is 4.50. The Bertz CT molecular complexity index is 650. The summed E-state index contributed by atoms with van der Waals surface area (Å²) in [5, 5.41) is 30.5. The maximum atomic E-state index is 10.7. The Labute approximate surface area is 144 Å². The zero-order valence-corrected chi connectivity index (χ0v) is 14.5. The number of aryl methyl sites for hydroxylation is 1. The molecule has 0 heterocycles. The Morgan fingerprint density at radius 1 is 1.17 bits per heavy atom.